The molecule has 1 heterocycles. The molecule has 5 rings (SSSR count). The van der Waals surface area contributed by atoms with Crippen molar-refractivity contribution in [2.75, 3.05) is 18.5 Å². The predicted molar refractivity (Wildman–Crippen MR) is 181 cm³/mol. The van der Waals surface area contributed by atoms with Crippen molar-refractivity contribution in [3.63, 3.8) is 0 Å². The minimum Gasteiger partial charge on any atom is -0.481 e. The number of fused-ring (bicyclic) bond motifs is 1. The Morgan fingerprint density at radius 3 is 2.19 bits per heavy atom. The Hall–Kier alpha value is -5.97. The lowest BCUT2D eigenvalue weighted by Gasteiger charge is -2.29. The summed E-state index contributed by atoms with van der Waals surface area (Å²) in [7, 11) is 1.68. The normalized spacial score (nSPS) is 14.0. The Morgan fingerprint density at radius 1 is 0.875 bits per heavy atom. The number of carboxylic acids is 1. The van der Waals surface area contributed by atoms with E-state index < -0.39 is 18.1 Å². The summed E-state index contributed by atoms with van der Waals surface area (Å²) in [4.78, 5) is 54.0. The van der Waals surface area contributed by atoms with E-state index in [1.807, 2.05) is 66.7 Å². The molecule has 1 atom stereocenters. The van der Waals surface area contributed by atoms with Crippen molar-refractivity contribution in [1.82, 2.24) is 15.5 Å². The maximum atomic E-state index is 13.6. The van der Waals surface area contributed by atoms with Crippen molar-refractivity contribution in [2.24, 2.45) is 0 Å². The monoisotopic (exact) mass is 647 g/mol. The first-order valence-electron chi connectivity index (χ1n) is 15.5. The second-order valence-electron chi connectivity index (χ2n) is 11.5. The molecule has 1 aliphatic rings. The van der Waals surface area contributed by atoms with E-state index in [-0.39, 0.29) is 37.2 Å². The lowest BCUT2D eigenvalue weighted by atomic mass is 10.1. The van der Waals surface area contributed by atoms with Gasteiger partial charge in [0.15, 0.2) is 0 Å². The number of amidine groups is 1. The van der Waals surface area contributed by atoms with Gasteiger partial charge in [0.2, 0.25) is 5.91 Å². The van der Waals surface area contributed by atoms with Crippen molar-refractivity contribution in [1.29, 1.82) is 5.41 Å². The third kappa shape index (κ3) is 8.64. The summed E-state index contributed by atoms with van der Waals surface area (Å²) >= 11 is 0. The number of alkyl carbamates (subject to hydrolysis) is 1. The molecule has 3 amide bonds. The summed E-state index contributed by atoms with van der Waals surface area (Å²) in [6, 6.07) is 30.1. The number of rotatable bonds is 11. The number of carbonyl (C=O) groups is 4. The van der Waals surface area contributed by atoms with Crippen LogP contribution in [-0.2, 0) is 40.4 Å². The average Bonchev–Trinajstić information content (AvgIpc) is 3.19. The Labute approximate surface area is 278 Å². The largest absolute Gasteiger partial charge is 0.481 e. The molecule has 0 unspecified atom stereocenters. The highest BCUT2D eigenvalue weighted by molar-refractivity contribution is 6.04. The first kappa shape index (κ1) is 33.4. The summed E-state index contributed by atoms with van der Waals surface area (Å²) in [5.74, 6) is -1.80. The summed E-state index contributed by atoms with van der Waals surface area (Å²) in [5.41, 5.74) is 4.98. The number of nitrogens with one attached hydrogen (secondary N) is 3. The van der Waals surface area contributed by atoms with E-state index in [0.29, 0.717) is 36.3 Å². The highest BCUT2D eigenvalue weighted by Gasteiger charge is 2.35. The van der Waals surface area contributed by atoms with Gasteiger partial charge in [0.25, 0.3) is 5.91 Å². The smallest absolute Gasteiger partial charge is 0.413 e. The first-order valence-corrected chi connectivity index (χ1v) is 15.5. The fourth-order valence-electron chi connectivity index (χ4n) is 5.49. The summed E-state index contributed by atoms with van der Waals surface area (Å²) in [6.45, 7) is 1.03. The maximum absolute atomic E-state index is 13.6. The van der Waals surface area contributed by atoms with E-state index in [2.05, 4.69) is 10.6 Å². The third-order valence-corrected chi connectivity index (χ3v) is 8.17. The fourth-order valence-corrected chi connectivity index (χ4v) is 5.49. The molecule has 246 valence electrons. The molecule has 4 aromatic rings. The lowest BCUT2D eigenvalue weighted by molar-refractivity contribution is -0.142. The van der Waals surface area contributed by atoms with Gasteiger partial charge in [-0.15, -0.1) is 0 Å². The van der Waals surface area contributed by atoms with Crippen LogP contribution < -0.4 is 15.5 Å². The molecule has 0 saturated carbocycles. The van der Waals surface area contributed by atoms with E-state index >= 15 is 0 Å². The SMILES string of the molecule is CN1c2cc(C(=O)NCc3ccc(C(=N)NC(=O)OCc4ccccc4)cc3)ccc2CN(CCc2ccccc2)C(=O)[C@H]1CC(=O)O. The van der Waals surface area contributed by atoms with E-state index in [0.717, 1.165) is 22.3 Å². The molecule has 0 aliphatic carbocycles. The van der Waals surface area contributed by atoms with Gasteiger partial charge in [-0.25, -0.2) is 4.79 Å². The zero-order valence-corrected chi connectivity index (χ0v) is 26.5. The van der Waals surface area contributed by atoms with Gasteiger partial charge in [-0.05, 0) is 40.8 Å². The van der Waals surface area contributed by atoms with Crippen LogP contribution in [0.2, 0.25) is 0 Å². The van der Waals surface area contributed by atoms with Crippen LogP contribution in [0.3, 0.4) is 0 Å². The van der Waals surface area contributed by atoms with Crippen LogP contribution in [0.25, 0.3) is 0 Å². The molecular weight excluding hydrogens is 610 g/mol. The van der Waals surface area contributed by atoms with Crippen molar-refractivity contribution in [3.8, 4) is 0 Å². The van der Waals surface area contributed by atoms with Crippen molar-refractivity contribution in [3.05, 3.63) is 137 Å². The molecule has 11 heteroatoms. The molecule has 48 heavy (non-hydrogen) atoms. The number of anilines is 1. The number of aliphatic carboxylic acids is 1. The van der Waals surface area contributed by atoms with Gasteiger partial charge in [0.05, 0.1) is 6.42 Å². The lowest BCUT2D eigenvalue weighted by Crippen LogP contribution is -2.46. The van der Waals surface area contributed by atoms with Crippen molar-refractivity contribution >= 4 is 35.4 Å². The van der Waals surface area contributed by atoms with Gasteiger partial charge in [-0.1, -0.05) is 91.0 Å². The van der Waals surface area contributed by atoms with E-state index in [9.17, 15) is 24.3 Å². The van der Waals surface area contributed by atoms with Gasteiger partial charge < -0.3 is 25.0 Å². The topological polar surface area (TPSA) is 152 Å². The van der Waals surface area contributed by atoms with Crippen LogP contribution in [-0.4, -0.2) is 59.4 Å². The van der Waals surface area contributed by atoms with E-state index in [4.69, 9.17) is 10.1 Å². The molecule has 4 N–H and O–H groups in total. The average molecular weight is 648 g/mol. The zero-order chi connectivity index (χ0) is 34.0. The van der Waals surface area contributed by atoms with Crippen LogP contribution in [0, 0.1) is 5.41 Å². The van der Waals surface area contributed by atoms with Gasteiger partial charge in [-0.2, -0.15) is 0 Å². The van der Waals surface area contributed by atoms with Crippen molar-refractivity contribution in [2.45, 2.75) is 38.6 Å². The molecular formula is C37H37N5O6. The zero-order valence-electron chi connectivity index (χ0n) is 26.5. The minimum absolute atomic E-state index is 0.0906. The number of carboxylic acid groups (broad SMARTS) is 1. The third-order valence-electron chi connectivity index (χ3n) is 8.17. The second kappa shape index (κ2) is 15.5. The number of hydrogen-bond acceptors (Lipinski definition) is 7. The number of likely N-dealkylation sites (N-methyl/N-ethyl adjacent to an activating group) is 1. The van der Waals surface area contributed by atoms with Crippen LogP contribution in [0.15, 0.2) is 103 Å². The molecule has 0 spiro atoms. The van der Waals surface area contributed by atoms with Crippen LogP contribution in [0.4, 0.5) is 10.5 Å². The first-order chi connectivity index (χ1) is 23.2. The molecule has 0 fully saturated rings. The Balaban J connectivity index is 1.20. The number of nitrogens with zero attached hydrogens (tertiary/aromatic N) is 2. The highest BCUT2D eigenvalue weighted by Crippen LogP contribution is 2.30. The molecule has 0 radical (unpaired) electrons. The maximum Gasteiger partial charge on any atom is 0.413 e. The predicted octanol–water partition coefficient (Wildman–Crippen LogP) is 4.73. The van der Waals surface area contributed by atoms with E-state index in [1.54, 1.807) is 53.2 Å². The number of carbonyl (C=O) groups excluding carboxylic acids is 3. The van der Waals surface area contributed by atoms with Gasteiger partial charge in [-0.3, -0.25) is 25.1 Å². The summed E-state index contributed by atoms with van der Waals surface area (Å²) in [5, 5.41) is 23.1. The summed E-state index contributed by atoms with van der Waals surface area (Å²) in [6.07, 6.45) is -0.471. The Kier molecular flexibility index (Phi) is 10.8. The Morgan fingerprint density at radius 2 is 1.52 bits per heavy atom. The van der Waals surface area contributed by atoms with E-state index in [1.165, 1.54) is 0 Å². The highest BCUT2D eigenvalue weighted by atomic mass is 16.5. The molecule has 4 aromatic carbocycles. The number of ether oxygens (including phenoxy) is 1. The standard InChI is InChI=1S/C37H37N5O6/c1-41-31-20-29(16-17-30(31)23-42(36(46)32(41)21-33(43)44)19-18-25-8-4-2-5-9-25)35(45)39-22-26-12-14-28(15-13-26)34(38)40-37(47)48-24-27-10-6-3-7-11-27/h2-17,20,32H,18-19,21-24H2,1H3,(H,39,45)(H,43,44)(H2,38,40,47)/t32-/m1/s1. The van der Waals surface area contributed by atoms with Crippen molar-refractivity contribution < 1.29 is 29.0 Å². The molecule has 0 saturated heterocycles. The quantitative estimate of drug-likeness (QED) is 0.136. The fraction of sp³-hybridized carbons (Fsp3) is 0.216. The summed E-state index contributed by atoms with van der Waals surface area (Å²) < 4.78 is 5.17. The number of amides is 3. The van der Waals surface area contributed by atoms with Gasteiger partial charge >= 0.3 is 12.1 Å². The number of hydrogen-bond donors (Lipinski definition) is 4. The van der Waals surface area contributed by atoms with Gasteiger partial charge in [0, 0.05) is 43.5 Å². The minimum atomic E-state index is -1.08. The molecule has 1 aliphatic heterocycles. The number of benzene rings is 4. The van der Waals surface area contributed by atoms with Crippen LogP contribution >= 0.6 is 0 Å². The molecule has 0 bridgehead atoms. The second-order valence-corrected chi connectivity index (χ2v) is 11.5. The molecule has 0 aromatic heterocycles. The van der Waals surface area contributed by atoms with Crippen LogP contribution in [0.5, 0.6) is 0 Å². The molecule has 11 nitrogen and oxygen atoms in total. The Bertz CT molecular complexity index is 1780. The van der Waals surface area contributed by atoms with Gasteiger partial charge in [0.1, 0.15) is 18.5 Å². The van der Waals surface area contributed by atoms with Crippen LogP contribution in [0.1, 0.15) is 44.6 Å².